The maximum absolute atomic E-state index is 12.4. The summed E-state index contributed by atoms with van der Waals surface area (Å²) >= 11 is 0. The van der Waals surface area contributed by atoms with Crippen LogP contribution in [0.2, 0.25) is 0 Å². The first kappa shape index (κ1) is 23.4. The first-order chi connectivity index (χ1) is 15.8. The molecule has 2 heterocycles. The number of likely N-dealkylation sites (tertiary alicyclic amines) is 1. The van der Waals surface area contributed by atoms with Crippen molar-refractivity contribution in [1.82, 2.24) is 9.88 Å². The summed E-state index contributed by atoms with van der Waals surface area (Å²) in [6.45, 7) is 11.6. The minimum Gasteiger partial charge on any atom is -0.380 e. The molecule has 1 N–H and O–H groups in total. The number of nitrogens with zero attached hydrogens (tertiary/aromatic N) is 2. The van der Waals surface area contributed by atoms with Crippen molar-refractivity contribution in [2.45, 2.75) is 66.0 Å². The normalized spacial score (nSPS) is 16.9. The Morgan fingerprint density at radius 2 is 2.03 bits per heavy atom. The summed E-state index contributed by atoms with van der Waals surface area (Å²) < 4.78 is 0. The average Bonchev–Trinajstić information content (AvgIpc) is 3.20. The molecule has 1 fully saturated rings. The lowest BCUT2D eigenvalue weighted by Crippen LogP contribution is -2.26. The summed E-state index contributed by atoms with van der Waals surface area (Å²) in [6.07, 6.45) is 7.06. The molecule has 0 amide bonds. The third kappa shape index (κ3) is 6.42. The highest BCUT2D eigenvalue weighted by atomic mass is 16.1. The molecule has 3 aromatic rings. The minimum atomic E-state index is 0.0667. The van der Waals surface area contributed by atoms with E-state index in [1.54, 1.807) is 0 Å². The van der Waals surface area contributed by atoms with Crippen molar-refractivity contribution in [3.63, 3.8) is 0 Å². The van der Waals surface area contributed by atoms with Crippen molar-refractivity contribution in [2.24, 2.45) is 5.41 Å². The predicted octanol–water partition coefficient (Wildman–Crippen LogP) is 6.17. The van der Waals surface area contributed by atoms with Crippen LogP contribution in [-0.4, -0.2) is 34.8 Å². The van der Waals surface area contributed by atoms with Gasteiger partial charge in [0.05, 0.1) is 0 Å². The van der Waals surface area contributed by atoms with E-state index in [0.29, 0.717) is 24.7 Å². The van der Waals surface area contributed by atoms with E-state index < -0.39 is 0 Å². The number of pyridine rings is 1. The van der Waals surface area contributed by atoms with E-state index in [4.69, 9.17) is 0 Å². The summed E-state index contributed by atoms with van der Waals surface area (Å²) in [5.74, 6) is 0.366. The smallest absolute Gasteiger partial charge is 0.133 e. The van der Waals surface area contributed by atoms with E-state index in [1.165, 1.54) is 33.2 Å². The Morgan fingerprint density at radius 1 is 1.18 bits per heavy atom. The molecular weight excluding hydrogens is 406 g/mol. The molecule has 1 aromatic heterocycles. The summed E-state index contributed by atoms with van der Waals surface area (Å²) in [5, 5.41) is 6.17. The molecule has 1 aliphatic heterocycles. The number of Topliss-reactive ketones (excluding diaryl/α,β-unsaturated/α-hetero) is 1. The summed E-state index contributed by atoms with van der Waals surface area (Å²) in [7, 11) is 0. The van der Waals surface area contributed by atoms with Gasteiger partial charge in [-0.2, -0.15) is 0 Å². The van der Waals surface area contributed by atoms with Gasteiger partial charge in [-0.15, -0.1) is 0 Å². The Balaban J connectivity index is 1.34. The van der Waals surface area contributed by atoms with Gasteiger partial charge >= 0.3 is 0 Å². The van der Waals surface area contributed by atoms with Gasteiger partial charge in [-0.05, 0) is 54.0 Å². The molecule has 4 nitrogen and oxygen atoms in total. The molecule has 33 heavy (non-hydrogen) atoms. The molecule has 1 aliphatic rings. The molecule has 174 valence electrons. The van der Waals surface area contributed by atoms with Crippen LogP contribution in [0.5, 0.6) is 0 Å². The highest BCUT2D eigenvalue weighted by Gasteiger charge is 2.23. The van der Waals surface area contributed by atoms with Gasteiger partial charge in [0.15, 0.2) is 0 Å². The summed E-state index contributed by atoms with van der Waals surface area (Å²) in [6, 6.07) is 15.7. The van der Waals surface area contributed by atoms with E-state index in [1.807, 2.05) is 12.4 Å². The number of benzene rings is 2. The number of anilines is 1. The van der Waals surface area contributed by atoms with Crippen molar-refractivity contribution in [2.75, 3.05) is 18.4 Å². The second-order valence-electron chi connectivity index (χ2n) is 10.8. The minimum absolute atomic E-state index is 0.0667. The Labute approximate surface area is 198 Å². The molecule has 0 spiro atoms. The molecule has 1 atom stereocenters. The van der Waals surface area contributed by atoms with Crippen LogP contribution in [0.3, 0.4) is 0 Å². The maximum atomic E-state index is 12.4. The largest absolute Gasteiger partial charge is 0.380 e. The molecule has 0 radical (unpaired) electrons. The second kappa shape index (κ2) is 10.0. The van der Waals surface area contributed by atoms with Gasteiger partial charge in [0, 0.05) is 67.4 Å². The Bertz CT molecular complexity index is 1110. The van der Waals surface area contributed by atoms with E-state index in [0.717, 1.165) is 32.5 Å². The van der Waals surface area contributed by atoms with Crippen molar-refractivity contribution in [3.8, 4) is 0 Å². The van der Waals surface area contributed by atoms with Gasteiger partial charge in [-0.25, -0.2) is 0 Å². The fraction of sp³-hybridized carbons (Fsp3) is 0.448. The number of rotatable bonds is 8. The first-order valence-corrected chi connectivity index (χ1v) is 12.2. The van der Waals surface area contributed by atoms with Crippen LogP contribution < -0.4 is 5.32 Å². The van der Waals surface area contributed by atoms with Crippen LogP contribution in [0.1, 0.15) is 56.7 Å². The number of hydrogen-bond donors (Lipinski definition) is 1. The molecule has 4 rings (SSSR count). The van der Waals surface area contributed by atoms with Gasteiger partial charge in [0.2, 0.25) is 0 Å². The fourth-order valence-corrected chi connectivity index (χ4v) is 4.87. The van der Waals surface area contributed by atoms with Crippen LogP contribution in [0.15, 0.2) is 54.9 Å². The summed E-state index contributed by atoms with van der Waals surface area (Å²) in [4.78, 5) is 19.1. The number of ketones is 1. The number of carbonyl (C=O) groups is 1. The van der Waals surface area contributed by atoms with Gasteiger partial charge in [-0.1, -0.05) is 51.1 Å². The van der Waals surface area contributed by atoms with Crippen molar-refractivity contribution in [3.05, 3.63) is 71.5 Å². The van der Waals surface area contributed by atoms with Crippen LogP contribution in [0, 0.1) is 12.3 Å². The number of hydrogen-bond acceptors (Lipinski definition) is 4. The highest BCUT2D eigenvalue weighted by molar-refractivity contribution is 5.93. The second-order valence-corrected chi connectivity index (χ2v) is 10.8. The lowest BCUT2D eigenvalue weighted by atomic mass is 9.88. The third-order valence-corrected chi connectivity index (χ3v) is 6.53. The lowest BCUT2D eigenvalue weighted by molar-refractivity contribution is -0.120. The zero-order valence-electron chi connectivity index (χ0n) is 20.5. The molecule has 2 aromatic carbocycles. The average molecular weight is 444 g/mol. The number of aryl methyl sites for hydroxylation is 2. The van der Waals surface area contributed by atoms with E-state index >= 15 is 0 Å². The standard InChI is InChI=1S/C29H37N3O/c1-21-8-9-22(16-23(21)10-11-26(33)17-29(2,3)4)19-32-15-13-25(20-32)31-28-7-5-6-24-18-30-14-12-27(24)28/h5-9,12,14,16,18,25,31H,10-11,13,15,17,19-20H2,1-4H3/t25-/m1/s1. The molecule has 0 bridgehead atoms. The highest BCUT2D eigenvalue weighted by Crippen LogP contribution is 2.26. The van der Waals surface area contributed by atoms with Crippen LogP contribution in [0.4, 0.5) is 5.69 Å². The zero-order valence-corrected chi connectivity index (χ0v) is 20.5. The van der Waals surface area contributed by atoms with Gasteiger partial charge < -0.3 is 5.32 Å². The molecule has 1 saturated heterocycles. The number of aromatic nitrogens is 1. The number of carbonyl (C=O) groups excluding carboxylic acids is 1. The Morgan fingerprint density at radius 3 is 2.85 bits per heavy atom. The van der Waals surface area contributed by atoms with E-state index in [9.17, 15) is 4.79 Å². The number of fused-ring (bicyclic) bond motifs is 1. The monoisotopic (exact) mass is 443 g/mol. The Hall–Kier alpha value is -2.72. The van der Waals surface area contributed by atoms with Crippen LogP contribution >= 0.6 is 0 Å². The van der Waals surface area contributed by atoms with Crippen molar-refractivity contribution in [1.29, 1.82) is 0 Å². The molecule has 0 aliphatic carbocycles. The van der Waals surface area contributed by atoms with Crippen molar-refractivity contribution >= 4 is 22.2 Å². The SMILES string of the molecule is Cc1ccc(CN2CC[C@@H](Nc3cccc4cnccc34)C2)cc1CCC(=O)CC(C)(C)C. The molecule has 4 heteroatoms. The molecule has 0 saturated carbocycles. The number of nitrogens with one attached hydrogen (secondary N) is 1. The maximum Gasteiger partial charge on any atom is 0.133 e. The topological polar surface area (TPSA) is 45.2 Å². The Kier molecular flexibility index (Phi) is 7.14. The molecular formula is C29H37N3O. The first-order valence-electron chi connectivity index (χ1n) is 12.2. The van der Waals surface area contributed by atoms with Crippen LogP contribution in [0.25, 0.3) is 10.8 Å². The lowest BCUT2D eigenvalue weighted by Gasteiger charge is -2.19. The van der Waals surface area contributed by atoms with E-state index in [2.05, 4.69) is 85.4 Å². The fourth-order valence-electron chi connectivity index (χ4n) is 4.87. The zero-order chi connectivity index (χ0) is 23.4. The van der Waals surface area contributed by atoms with Gasteiger partial charge in [0.25, 0.3) is 0 Å². The van der Waals surface area contributed by atoms with Gasteiger partial charge in [0.1, 0.15) is 5.78 Å². The van der Waals surface area contributed by atoms with E-state index in [-0.39, 0.29) is 5.41 Å². The quantitative estimate of drug-likeness (QED) is 0.452. The van der Waals surface area contributed by atoms with Gasteiger partial charge in [-0.3, -0.25) is 14.7 Å². The predicted molar refractivity (Wildman–Crippen MR) is 138 cm³/mol. The van der Waals surface area contributed by atoms with Crippen molar-refractivity contribution < 1.29 is 4.79 Å². The summed E-state index contributed by atoms with van der Waals surface area (Å²) in [5.41, 5.74) is 5.20. The third-order valence-electron chi connectivity index (χ3n) is 6.53. The van der Waals surface area contributed by atoms with Crippen LogP contribution in [-0.2, 0) is 17.8 Å². The molecule has 0 unspecified atom stereocenters.